The van der Waals surface area contributed by atoms with Gasteiger partial charge < -0.3 is 10.2 Å². The molecule has 0 aliphatic rings. The van der Waals surface area contributed by atoms with Crippen LogP contribution in [0.1, 0.15) is 0 Å². The first-order valence-electron chi connectivity index (χ1n) is 1.90. The Bertz CT molecular complexity index is 135. The monoisotopic (exact) mass is 204 g/mol. The first kappa shape index (κ1) is 16.4. The molecule has 0 aromatic carbocycles. The summed E-state index contributed by atoms with van der Waals surface area (Å²) in [7, 11) is 0. The molecule has 0 spiro atoms. The van der Waals surface area contributed by atoms with E-state index in [9.17, 15) is 0 Å². The fraction of sp³-hybridized carbons (Fsp3) is 0. The van der Waals surface area contributed by atoms with Crippen LogP contribution in [0.15, 0.2) is 0 Å². The zero-order valence-electron chi connectivity index (χ0n) is 5.04. The molecule has 0 radical (unpaired) electrons. The number of carboxylic acid groups (broad SMARTS) is 2. The van der Waals surface area contributed by atoms with Crippen LogP contribution in [0.25, 0.3) is 0 Å². The van der Waals surface area contributed by atoms with Gasteiger partial charge in [-0.05, 0) is 0 Å². The number of carbonyl (C=O) groups is 4. The molecule has 0 atom stereocenters. The van der Waals surface area contributed by atoms with Gasteiger partial charge in [-0.2, -0.15) is 0 Å². The smallest absolute Gasteiger partial charge is 0.368 e. The van der Waals surface area contributed by atoms with Gasteiger partial charge >= 0.3 is 11.9 Å². The van der Waals surface area contributed by atoms with Crippen molar-refractivity contribution in [3.8, 4) is 0 Å². The number of hydrogen-bond acceptors (Lipinski definition) is 4. The molecule has 0 saturated carbocycles. The number of carboxylic acids is 2. The first-order valence-corrected chi connectivity index (χ1v) is 1.90. The Morgan fingerprint density at radius 1 is 0.909 bits per heavy atom. The van der Waals surface area contributed by atoms with Crippen molar-refractivity contribution in [1.82, 2.24) is 0 Å². The van der Waals surface area contributed by atoms with E-state index < -0.39 is 11.9 Å². The van der Waals surface area contributed by atoms with Crippen LogP contribution < -0.4 is 0 Å². The molecule has 2 N–H and O–H groups in total. The Hall–Kier alpha value is -1.20. The Morgan fingerprint density at radius 2 is 1.00 bits per heavy atom. The van der Waals surface area contributed by atoms with E-state index in [2.05, 4.69) is 0 Å². The van der Waals surface area contributed by atoms with Gasteiger partial charge in [0, 0.05) is 17.1 Å². The zero-order chi connectivity index (χ0) is 8.57. The molecular formula is C4H4FeO6. The maximum absolute atomic E-state index is 9.00. The summed E-state index contributed by atoms with van der Waals surface area (Å²) in [5, 5.41) is 14.7. The fourth-order valence-corrected chi connectivity index (χ4v) is 0. The minimum atomic E-state index is -1.43. The topological polar surface area (TPSA) is 109 Å². The van der Waals surface area contributed by atoms with Crippen molar-refractivity contribution in [2.75, 3.05) is 0 Å². The molecule has 0 aromatic rings. The van der Waals surface area contributed by atoms with Crippen LogP contribution in [-0.2, 0) is 36.2 Å². The number of carbonyl (C=O) groups excluding carboxylic acids is 2. The average molecular weight is 204 g/mol. The van der Waals surface area contributed by atoms with Gasteiger partial charge in [0.2, 0.25) is 12.6 Å². The van der Waals surface area contributed by atoms with E-state index in [1.165, 1.54) is 0 Å². The maximum Gasteiger partial charge on any atom is 0.368 e. The first-order chi connectivity index (χ1) is 4.54. The number of aliphatic carboxylic acids is 2. The second kappa shape index (κ2) is 11.6. The van der Waals surface area contributed by atoms with E-state index in [4.69, 9.17) is 29.4 Å². The van der Waals surface area contributed by atoms with Crippen molar-refractivity contribution in [3.63, 3.8) is 0 Å². The zero-order valence-corrected chi connectivity index (χ0v) is 6.14. The molecule has 0 rings (SSSR count). The van der Waals surface area contributed by atoms with E-state index in [0.717, 1.165) is 0 Å². The number of rotatable bonds is 2. The van der Waals surface area contributed by atoms with Crippen LogP contribution in [-0.4, -0.2) is 34.7 Å². The molecule has 0 aliphatic heterocycles. The number of hydrogen-bond donors (Lipinski definition) is 2. The van der Waals surface area contributed by atoms with Crippen LogP contribution in [0.5, 0.6) is 0 Å². The summed E-state index contributed by atoms with van der Waals surface area (Å²) in [6.07, 6.45) is -0.333. The Balaban J connectivity index is -0.000000107. The summed E-state index contributed by atoms with van der Waals surface area (Å²) in [4.78, 5) is 35.8. The third-order valence-electron chi connectivity index (χ3n) is 0.202. The van der Waals surface area contributed by atoms with Gasteiger partial charge in [-0.1, -0.05) is 0 Å². The van der Waals surface area contributed by atoms with E-state index in [1.54, 1.807) is 0 Å². The van der Waals surface area contributed by atoms with Crippen molar-refractivity contribution in [3.05, 3.63) is 0 Å². The summed E-state index contributed by atoms with van der Waals surface area (Å²) in [6.45, 7) is 0. The molecule has 0 aliphatic carbocycles. The van der Waals surface area contributed by atoms with Gasteiger partial charge in [-0.3, -0.25) is 9.59 Å². The molecule has 0 bridgehead atoms. The Kier molecular flexibility index (Phi) is 17.3. The van der Waals surface area contributed by atoms with Crippen molar-refractivity contribution < 1.29 is 46.5 Å². The van der Waals surface area contributed by atoms with E-state index in [0.29, 0.717) is 0 Å². The average Bonchev–Trinajstić information content (AvgIpc) is 1.89. The third kappa shape index (κ3) is 51.9. The van der Waals surface area contributed by atoms with Gasteiger partial charge in [-0.15, -0.1) is 0 Å². The van der Waals surface area contributed by atoms with Crippen LogP contribution in [0.4, 0.5) is 0 Å². The van der Waals surface area contributed by atoms with Crippen LogP contribution >= 0.6 is 0 Å². The largest absolute Gasteiger partial charge is 0.476 e. The van der Waals surface area contributed by atoms with Crippen LogP contribution in [0.2, 0.25) is 0 Å². The summed E-state index contributed by atoms with van der Waals surface area (Å²) >= 11 is 0. The molecule has 0 amide bonds. The number of aldehydes is 2. The van der Waals surface area contributed by atoms with Crippen LogP contribution in [0, 0.1) is 0 Å². The van der Waals surface area contributed by atoms with Crippen molar-refractivity contribution in [1.29, 1.82) is 0 Å². The van der Waals surface area contributed by atoms with Crippen LogP contribution in [0.3, 0.4) is 0 Å². The van der Waals surface area contributed by atoms with Gasteiger partial charge in [0.25, 0.3) is 0 Å². The second-order valence-corrected chi connectivity index (χ2v) is 0.912. The SMILES string of the molecule is O=CC(=O)O.O=CC(=O)O.[Fe]. The fourth-order valence-electron chi connectivity index (χ4n) is 0. The summed E-state index contributed by atoms with van der Waals surface area (Å²) < 4.78 is 0. The third-order valence-corrected chi connectivity index (χ3v) is 0.202. The van der Waals surface area contributed by atoms with Crippen molar-refractivity contribution in [2.45, 2.75) is 0 Å². The molecule has 0 saturated heterocycles. The predicted octanol–water partition coefficient (Wildman–Crippen LogP) is -1.46. The summed E-state index contributed by atoms with van der Waals surface area (Å²) in [6, 6.07) is 0. The molecule has 6 nitrogen and oxygen atoms in total. The van der Waals surface area contributed by atoms with E-state index in [-0.39, 0.29) is 29.6 Å². The Labute approximate surface area is 71.7 Å². The minimum absolute atomic E-state index is 0. The van der Waals surface area contributed by atoms with Gasteiger partial charge in [0.05, 0.1) is 0 Å². The van der Waals surface area contributed by atoms with Crippen molar-refractivity contribution >= 4 is 24.5 Å². The molecule has 0 fully saturated rings. The summed E-state index contributed by atoms with van der Waals surface area (Å²) in [5.74, 6) is -2.85. The van der Waals surface area contributed by atoms with Gasteiger partial charge in [0.15, 0.2) is 0 Å². The maximum atomic E-state index is 9.00. The Morgan fingerprint density at radius 3 is 1.00 bits per heavy atom. The molecular weight excluding hydrogens is 200 g/mol. The second-order valence-electron chi connectivity index (χ2n) is 0.912. The molecule has 11 heavy (non-hydrogen) atoms. The minimum Gasteiger partial charge on any atom is -0.476 e. The molecule has 0 unspecified atom stereocenters. The van der Waals surface area contributed by atoms with E-state index in [1.807, 2.05) is 0 Å². The molecule has 64 valence electrons. The predicted molar refractivity (Wildman–Crippen MR) is 27.4 cm³/mol. The molecule has 0 aromatic heterocycles. The normalized spacial score (nSPS) is 5.82. The van der Waals surface area contributed by atoms with E-state index >= 15 is 0 Å². The van der Waals surface area contributed by atoms with Gasteiger partial charge in [0.1, 0.15) is 0 Å². The molecule has 0 heterocycles. The van der Waals surface area contributed by atoms with Crippen molar-refractivity contribution in [2.24, 2.45) is 0 Å². The molecule has 7 heteroatoms. The standard InChI is InChI=1S/2C2H2O3.Fe/c2*3-1-2(4)5;/h2*1H,(H,4,5);. The van der Waals surface area contributed by atoms with Gasteiger partial charge in [-0.25, -0.2) is 9.59 Å². The summed E-state index contributed by atoms with van der Waals surface area (Å²) in [5.41, 5.74) is 0. The quantitative estimate of drug-likeness (QED) is 0.323.